The van der Waals surface area contributed by atoms with Gasteiger partial charge in [-0.25, -0.2) is 0 Å². The summed E-state index contributed by atoms with van der Waals surface area (Å²) in [6, 6.07) is 0. The topological polar surface area (TPSA) is 0 Å². The SMILES string of the molecule is C#CC.C=C(/C=C\C=C/C)CC. The van der Waals surface area contributed by atoms with Gasteiger partial charge in [0.1, 0.15) is 0 Å². The Kier molecular flexibility index (Phi) is 13.9. The lowest BCUT2D eigenvalue weighted by molar-refractivity contribution is 1.16. The van der Waals surface area contributed by atoms with E-state index in [1.54, 1.807) is 6.92 Å². The standard InChI is InChI=1S/C9H14.C3H4/c1-4-6-7-8-9(3)5-2;1-3-2/h4,6-8H,3,5H2,1-2H3;1H,2H3/b6-4-,8-7-;. The van der Waals surface area contributed by atoms with Gasteiger partial charge in [-0.2, -0.15) is 0 Å². The molecular weight excluding hydrogens is 144 g/mol. The molecular formula is C12H18. The number of hydrogen-bond donors (Lipinski definition) is 0. The molecule has 0 atom stereocenters. The van der Waals surface area contributed by atoms with E-state index in [4.69, 9.17) is 0 Å². The molecule has 66 valence electrons. The average molecular weight is 162 g/mol. The first-order valence-electron chi connectivity index (χ1n) is 4.07. The molecule has 0 spiro atoms. The second-order valence-electron chi connectivity index (χ2n) is 2.19. The second kappa shape index (κ2) is 12.5. The molecule has 0 aromatic heterocycles. The van der Waals surface area contributed by atoms with Crippen molar-refractivity contribution in [1.29, 1.82) is 0 Å². The van der Waals surface area contributed by atoms with Gasteiger partial charge >= 0.3 is 0 Å². The van der Waals surface area contributed by atoms with Crippen LogP contribution in [0.3, 0.4) is 0 Å². The second-order valence-corrected chi connectivity index (χ2v) is 2.19. The van der Waals surface area contributed by atoms with Crippen LogP contribution in [-0.2, 0) is 0 Å². The molecule has 0 aliphatic rings. The summed E-state index contributed by atoms with van der Waals surface area (Å²) in [6.07, 6.45) is 13.7. The summed E-state index contributed by atoms with van der Waals surface area (Å²) in [7, 11) is 0. The lowest BCUT2D eigenvalue weighted by atomic mass is 10.2. The van der Waals surface area contributed by atoms with Crippen LogP contribution in [0.2, 0.25) is 0 Å². The van der Waals surface area contributed by atoms with Gasteiger partial charge in [-0.1, -0.05) is 43.4 Å². The Labute approximate surface area is 76.7 Å². The minimum Gasteiger partial charge on any atom is -0.120 e. The van der Waals surface area contributed by atoms with Gasteiger partial charge in [-0.15, -0.1) is 12.3 Å². The highest BCUT2D eigenvalue weighted by molar-refractivity contribution is 5.18. The molecule has 0 aliphatic carbocycles. The fourth-order valence-corrected chi connectivity index (χ4v) is 0.421. The fourth-order valence-electron chi connectivity index (χ4n) is 0.421. The number of rotatable bonds is 3. The first-order valence-corrected chi connectivity index (χ1v) is 4.07. The molecule has 0 aliphatic heterocycles. The van der Waals surface area contributed by atoms with Gasteiger partial charge < -0.3 is 0 Å². The van der Waals surface area contributed by atoms with Crippen molar-refractivity contribution in [3.63, 3.8) is 0 Å². The molecule has 0 nitrogen and oxygen atoms in total. The van der Waals surface area contributed by atoms with Crippen LogP contribution < -0.4 is 0 Å². The first kappa shape index (κ1) is 13.4. The molecule has 0 heterocycles. The van der Waals surface area contributed by atoms with Crippen molar-refractivity contribution in [2.75, 3.05) is 0 Å². The summed E-state index contributed by atoms with van der Waals surface area (Å²) >= 11 is 0. The van der Waals surface area contributed by atoms with Crippen LogP contribution >= 0.6 is 0 Å². The third-order valence-electron chi connectivity index (χ3n) is 1.09. The molecule has 0 saturated carbocycles. The molecule has 0 saturated heterocycles. The molecule has 0 aromatic carbocycles. The maximum absolute atomic E-state index is 4.60. The van der Waals surface area contributed by atoms with Gasteiger partial charge in [0.05, 0.1) is 0 Å². The molecule has 0 bridgehead atoms. The van der Waals surface area contributed by atoms with Crippen LogP contribution in [0.25, 0.3) is 0 Å². The van der Waals surface area contributed by atoms with Crippen molar-refractivity contribution in [2.45, 2.75) is 27.2 Å². The highest BCUT2D eigenvalue weighted by atomic mass is 13.8. The van der Waals surface area contributed by atoms with Crippen molar-refractivity contribution in [1.82, 2.24) is 0 Å². The molecule has 0 unspecified atom stereocenters. The zero-order valence-corrected chi connectivity index (χ0v) is 8.30. The average Bonchev–Trinajstić information content (AvgIpc) is 2.06. The summed E-state index contributed by atoms with van der Waals surface area (Å²) in [6.45, 7) is 9.58. The van der Waals surface area contributed by atoms with E-state index >= 15 is 0 Å². The maximum atomic E-state index is 4.60. The van der Waals surface area contributed by atoms with E-state index in [0.717, 1.165) is 6.42 Å². The zero-order chi connectivity index (χ0) is 9.82. The molecule has 0 radical (unpaired) electrons. The third kappa shape index (κ3) is 15.9. The normalized spacial score (nSPS) is 9.17. The van der Waals surface area contributed by atoms with Gasteiger partial charge in [-0.05, 0) is 20.3 Å². The highest BCUT2D eigenvalue weighted by Crippen LogP contribution is 1.97. The third-order valence-corrected chi connectivity index (χ3v) is 1.09. The Hall–Kier alpha value is -1.22. The lowest BCUT2D eigenvalue weighted by Crippen LogP contribution is -1.66. The van der Waals surface area contributed by atoms with Crippen molar-refractivity contribution >= 4 is 0 Å². The summed E-state index contributed by atoms with van der Waals surface area (Å²) in [5, 5.41) is 0. The maximum Gasteiger partial charge on any atom is -0.00297 e. The predicted molar refractivity (Wildman–Crippen MR) is 57.9 cm³/mol. The molecule has 0 rings (SSSR count). The highest BCUT2D eigenvalue weighted by Gasteiger charge is 1.76. The minimum atomic E-state index is 1.04. The molecule has 0 heteroatoms. The molecule has 12 heavy (non-hydrogen) atoms. The Morgan fingerprint density at radius 3 is 2.33 bits per heavy atom. The Morgan fingerprint density at radius 2 is 2.00 bits per heavy atom. The summed E-state index contributed by atoms with van der Waals surface area (Å²) in [4.78, 5) is 0. The number of hydrogen-bond acceptors (Lipinski definition) is 0. The van der Waals surface area contributed by atoms with Gasteiger partial charge in [0.2, 0.25) is 0 Å². The van der Waals surface area contributed by atoms with E-state index in [9.17, 15) is 0 Å². The molecule has 0 amide bonds. The van der Waals surface area contributed by atoms with E-state index in [1.165, 1.54) is 5.57 Å². The van der Waals surface area contributed by atoms with Crippen LogP contribution in [0.5, 0.6) is 0 Å². The fraction of sp³-hybridized carbons (Fsp3) is 0.333. The van der Waals surface area contributed by atoms with E-state index in [1.807, 2.05) is 31.2 Å². The first-order chi connectivity index (χ1) is 5.72. The van der Waals surface area contributed by atoms with Crippen molar-refractivity contribution in [2.24, 2.45) is 0 Å². The van der Waals surface area contributed by atoms with Crippen molar-refractivity contribution in [3.05, 3.63) is 36.5 Å². The Morgan fingerprint density at radius 1 is 1.50 bits per heavy atom. The lowest BCUT2D eigenvalue weighted by Gasteiger charge is -1.86. The smallest absolute Gasteiger partial charge is 0.00297 e. The molecule has 0 N–H and O–H groups in total. The van der Waals surface area contributed by atoms with E-state index in [-0.39, 0.29) is 0 Å². The van der Waals surface area contributed by atoms with Crippen LogP contribution in [0, 0.1) is 12.3 Å². The van der Waals surface area contributed by atoms with Crippen LogP contribution in [0.1, 0.15) is 27.2 Å². The monoisotopic (exact) mass is 162 g/mol. The van der Waals surface area contributed by atoms with Crippen molar-refractivity contribution < 1.29 is 0 Å². The quantitative estimate of drug-likeness (QED) is 0.438. The molecule has 0 aromatic rings. The Bertz CT molecular complexity index is 187. The number of allylic oxidation sites excluding steroid dienone is 5. The number of terminal acetylenes is 1. The van der Waals surface area contributed by atoms with Crippen LogP contribution in [0.15, 0.2) is 36.5 Å². The minimum absolute atomic E-state index is 1.04. The summed E-state index contributed by atoms with van der Waals surface area (Å²) < 4.78 is 0. The Balaban J connectivity index is 0. The van der Waals surface area contributed by atoms with Gasteiger partial charge in [0.25, 0.3) is 0 Å². The largest absolute Gasteiger partial charge is 0.120 e. The van der Waals surface area contributed by atoms with Gasteiger partial charge in [0.15, 0.2) is 0 Å². The van der Waals surface area contributed by atoms with E-state index < -0.39 is 0 Å². The summed E-state index contributed by atoms with van der Waals surface area (Å²) in [5.41, 5.74) is 1.17. The zero-order valence-electron chi connectivity index (χ0n) is 8.30. The van der Waals surface area contributed by atoms with E-state index in [2.05, 4.69) is 25.8 Å². The predicted octanol–water partition coefficient (Wildman–Crippen LogP) is 3.72. The van der Waals surface area contributed by atoms with E-state index in [0.29, 0.717) is 0 Å². The van der Waals surface area contributed by atoms with Crippen LogP contribution in [-0.4, -0.2) is 0 Å². The summed E-state index contributed by atoms with van der Waals surface area (Å²) in [5.74, 6) is 2.25. The van der Waals surface area contributed by atoms with Crippen LogP contribution in [0.4, 0.5) is 0 Å². The molecule has 0 fully saturated rings. The van der Waals surface area contributed by atoms with Gasteiger partial charge in [0, 0.05) is 0 Å². The van der Waals surface area contributed by atoms with Gasteiger partial charge in [-0.3, -0.25) is 0 Å². The van der Waals surface area contributed by atoms with Crippen molar-refractivity contribution in [3.8, 4) is 12.3 Å².